The molecule has 2 fully saturated rings. The molecule has 4 amide bonds. The van der Waals surface area contributed by atoms with Gasteiger partial charge in [0.05, 0.1) is 31.7 Å². The van der Waals surface area contributed by atoms with E-state index in [0.717, 1.165) is 26.8 Å². The summed E-state index contributed by atoms with van der Waals surface area (Å²) < 4.78 is 38.5. The van der Waals surface area contributed by atoms with Gasteiger partial charge in [-0.05, 0) is 18.2 Å². The van der Waals surface area contributed by atoms with Crippen molar-refractivity contribution in [3.05, 3.63) is 29.8 Å². The number of nitrogens with one attached hydrogen (secondary N) is 1. The molecule has 0 unspecified atom stereocenters. The van der Waals surface area contributed by atoms with Gasteiger partial charge in [0.2, 0.25) is 0 Å². The highest BCUT2D eigenvalue weighted by Gasteiger charge is 2.44. The summed E-state index contributed by atoms with van der Waals surface area (Å²) in [6.45, 7) is 2.11. The number of imide groups is 2. The fourth-order valence-electron chi connectivity index (χ4n) is 3.09. The van der Waals surface area contributed by atoms with Crippen molar-refractivity contribution in [2.75, 3.05) is 44.8 Å². The fourth-order valence-corrected chi connectivity index (χ4v) is 3.09. The van der Waals surface area contributed by atoms with Crippen LogP contribution in [0.15, 0.2) is 24.3 Å². The number of amides is 4. The molecule has 0 bridgehead atoms. The molecular weight excluding hydrogens is 353 g/mol. The molecule has 0 aliphatic carbocycles. The minimum Gasteiger partial charge on any atom is -0.360 e. The lowest BCUT2D eigenvalue weighted by atomic mass is 10.1. The first-order valence-corrected chi connectivity index (χ1v) is 8.08. The third kappa shape index (κ3) is 3.36. The Morgan fingerprint density at radius 3 is 2.27 bits per heavy atom. The number of benzene rings is 1. The van der Waals surface area contributed by atoms with E-state index in [4.69, 9.17) is 0 Å². The SMILES string of the molecule is CN1C(=O)C(=O)N(C[NH+]2CCN(c3cccc(C(F)(F)F)c3)CC2)C1=O. The van der Waals surface area contributed by atoms with Crippen molar-refractivity contribution in [2.45, 2.75) is 6.18 Å². The van der Waals surface area contributed by atoms with Crippen molar-refractivity contribution in [1.82, 2.24) is 9.80 Å². The van der Waals surface area contributed by atoms with Crippen molar-refractivity contribution in [1.29, 1.82) is 0 Å². The molecule has 2 heterocycles. The molecule has 0 radical (unpaired) electrons. The summed E-state index contributed by atoms with van der Waals surface area (Å²) in [6, 6.07) is 4.50. The van der Waals surface area contributed by atoms with Crippen LogP contribution in [0.25, 0.3) is 0 Å². The average Bonchev–Trinajstić information content (AvgIpc) is 2.80. The second kappa shape index (κ2) is 6.60. The van der Waals surface area contributed by atoms with Crippen molar-refractivity contribution in [3.63, 3.8) is 0 Å². The zero-order chi connectivity index (χ0) is 19.1. The van der Waals surface area contributed by atoms with Crippen LogP contribution in [0.1, 0.15) is 5.56 Å². The van der Waals surface area contributed by atoms with Gasteiger partial charge in [-0.2, -0.15) is 13.2 Å². The summed E-state index contributed by atoms with van der Waals surface area (Å²) in [5.41, 5.74) is -0.207. The predicted octanol–water partition coefficient (Wildman–Crippen LogP) is -0.212. The van der Waals surface area contributed by atoms with Crippen molar-refractivity contribution in [2.24, 2.45) is 0 Å². The second-order valence-electron chi connectivity index (χ2n) is 6.32. The summed E-state index contributed by atoms with van der Waals surface area (Å²) in [5.74, 6) is -1.69. The molecular formula is C16H18F3N4O3+. The summed E-state index contributed by atoms with van der Waals surface area (Å²) in [5, 5.41) is 0. The molecule has 0 saturated carbocycles. The van der Waals surface area contributed by atoms with Gasteiger partial charge in [0.1, 0.15) is 0 Å². The van der Waals surface area contributed by atoms with E-state index in [9.17, 15) is 27.6 Å². The van der Waals surface area contributed by atoms with Crippen LogP contribution < -0.4 is 9.80 Å². The van der Waals surface area contributed by atoms with Crippen LogP contribution in [0.3, 0.4) is 0 Å². The van der Waals surface area contributed by atoms with Gasteiger partial charge < -0.3 is 9.80 Å². The highest BCUT2D eigenvalue weighted by molar-refractivity contribution is 6.44. The standard InChI is InChI=1S/C16H17F3N4O3/c1-20-13(24)14(25)23(15(20)26)10-21-5-7-22(8-6-21)12-4-2-3-11(9-12)16(17,18)19/h2-4,9H,5-8,10H2,1H3/p+1. The summed E-state index contributed by atoms with van der Waals surface area (Å²) in [7, 11) is 1.25. The molecule has 0 atom stereocenters. The molecule has 2 aliphatic rings. The van der Waals surface area contributed by atoms with E-state index in [2.05, 4.69) is 0 Å². The zero-order valence-electron chi connectivity index (χ0n) is 14.0. The Morgan fingerprint density at radius 1 is 1.08 bits per heavy atom. The van der Waals surface area contributed by atoms with E-state index in [1.165, 1.54) is 13.1 Å². The molecule has 7 nitrogen and oxygen atoms in total. The molecule has 0 spiro atoms. The zero-order valence-corrected chi connectivity index (χ0v) is 14.0. The summed E-state index contributed by atoms with van der Waals surface area (Å²) >= 11 is 0. The highest BCUT2D eigenvalue weighted by atomic mass is 19.4. The number of rotatable bonds is 3. The molecule has 2 aliphatic heterocycles. The molecule has 1 aromatic rings. The van der Waals surface area contributed by atoms with Crippen LogP contribution in [-0.2, 0) is 15.8 Å². The van der Waals surface area contributed by atoms with Crippen molar-refractivity contribution in [3.8, 4) is 0 Å². The van der Waals surface area contributed by atoms with E-state index < -0.39 is 29.6 Å². The number of piperazine rings is 1. The number of urea groups is 1. The van der Waals surface area contributed by atoms with Gasteiger partial charge in [0.15, 0.2) is 6.67 Å². The predicted molar refractivity (Wildman–Crippen MR) is 84.2 cm³/mol. The van der Waals surface area contributed by atoms with Crippen LogP contribution >= 0.6 is 0 Å². The number of hydrogen-bond donors (Lipinski definition) is 1. The lowest BCUT2D eigenvalue weighted by Gasteiger charge is -2.34. The minimum atomic E-state index is -4.39. The maximum Gasteiger partial charge on any atom is 0.416 e. The first-order valence-electron chi connectivity index (χ1n) is 8.08. The lowest BCUT2D eigenvalue weighted by Crippen LogP contribution is -3.16. The maximum atomic E-state index is 12.8. The Bertz CT molecular complexity index is 745. The number of carbonyl (C=O) groups excluding carboxylic acids is 3. The van der Waals surface area contributed by atoms with Gasteiger partial charge in [0, 0.05) is 12.7 Å². The normalized spacial score (nSPS) is 19.7. The Hall–Kier alpha value is -2.62. The first-order chi connectivity index (χ1) is 12.2. The van der Waals surface area contributed by atoms with Crippen molar-refractivity contribution >= 4 is 23.5 Å². The van der Waals surface area contributed by atoms with E-state index in [1.807, 2.05) is 4.90 Å². The van der Waals surface area contributed by atoms with Crippen LogP contribution in [0.5, 0.6) is 0 Å². The molecule has 1 N–H and O–H groups in total. The molecule has 1 aromatic carbocycles. The Labute approximate surface area is 147 Å². The second-order valence-corrected chi connectivity index (χ2v) is 6.32. The number of anilines is 1. The van der Waals surface area contributed by atoms with Gasteiger partial charge >= 0.3 is 24.0 Å². The van der Waals surface area contributed by atoms with Crippen LogP contribution in [-0.4, -0.2) is 67.5 Å². The monoisotopic (exact) mass is 371 g/mol. The smallest absolute Gasteiger partial charge is 0.360 e. The van der Waals surface area contributed by atoms with Gasteiger partial charge in [-0.3, -0.25) is 14.5 Å². The molecule has 2 saturated heterocycles. The third-order valence-corrected chi connectivity index (χ3v) is 4.64. The number of quaternary nitrogens is 1. The molecule has 0 aromatic heterocycles. The van der Waals surface area contributed by atoms with Crippen molar-refractivity contribution < 1.29 is 32.5 Å². The molecule has 3 rings (SSSR count). The lowest BCUT2D eigenvalue weighted by molar-refractivity contribution is -0.907. The third-order valence-electron chi connectivity index (χ3n) is 4.64. The Morgan fingerprint density at radius 2 is 1.73 bits per heavy atom. The Kier molecular flexibility index (Phi) is 4.61. The number of alkyl halides is 3. The quantitative estimate of drug-likeness (QED) is 0.590. The van der Waals surface area contributed by atoms with E-state index in [1.54, 1.807) is 6.07 Å². The number of carbonyl (C=O) groups is 3. The summed E-state index contributed by atoms with van der Waals surface area (Å²) in [6.07, 6.45) is -4.39. The number of halogens is 3. The molecule has 140 valence electrons. The number of nitrogens with zero attached hydrogens (tertiary/aromatic N) is 3. The molecule has 10 heteroatoms. The first kappa shape index (κ1) is 18.2. The van der Waals surface area contributed by atoms with Gasteiger partial charge in [-0.1, -0.05) is 6.07 Å². The van der Waals surface area contributed by atoms with Gasteiger partial charge in [-0.15, -0.1) is 0 Å². The topological polar surface area (TPSA) is 65.4 Å². The largest absolute Gasteiger partial charge is 0.416 e. The molecule has 26 heavy (non-hydrogen) atoms. The number of likely N-dealkylation sites (N-methyl/N-ethyl adjacent to an activating group) is 1. The van der Waals surface area contributed by atoms with E-state index in [-0.39, 0.29) is 6.67 Å². The average molecular weight is 371 g/mol. The summed E-state index contributed by atoms with van der Waals surface area (Å²) in [4.78, 5) is 39.7. The van der Waals surface area contributed by atoms with Crippen LogP contribution in [0.4, 0.5) is 23.7 Å². The van der Waals surface area contributed by atoms with Crippen LogP contribution in [0, 0.1) is 0 Å². The fraction of sp³-hybridized carbons (Fsp3) is 0.438. The van der Waals surface area contributed by atoms with E-state index in [0.29, 0.717) is 31.9 Å². The minimum absolute atomic E-state index is 0.0736. The van der Waals surface area contributed by atoms with Crippen LogP contribution in [0.2, 0.25) is 0 Å². The van der Waals surface area contributed by atoms with Gasteiger partial charge in [0.25, 0.3) is 0 Å². The highest BCUT2D eigenvalue weighted by Crippen LogP contribution is 2.31. The Balaban J connectivity index is 1.61. The maximum absolute atomic E-state index is 12.8. The van der Waals surface area contributed by atoms with Gasteiger partial charge in [-0.25, -0.2) is 9.69 Å². The van der Waals surface area contributed by atoms with E-state index >= 15 is 0 Å². The number of hydrogen-bond acceptors (Lipinski definition) is 4.